The second-order valence-corrected chi connectivity index (χ2v) is 7.03. The molecule has 0 saturated carbocycles. The van der Waals surface area contributed by atoms with E-state index in [0.717, 1.165) is 43.4 Å². The van der Waals surface area contributed by atoms with Gasteiger partial charge in [0.05, 0.1) is 24.2 Å². The number of aromatic nitrogens is 2. The fraction of sp³-hybridized carbons (Fsp3) is 0.391. The molecule has 0 aliphatic heterocycles. The van der Waals surface area contributed by atoms with Crippen LogP contribution in [0.1, 0.15) is 30.3 Å². The summed E-state index contributed by atoms with van der Waals surface area (Å²) in [5.41, 5.74) is 4.60. The number of guanidine groups is 1. The lowest BCUT2D eigenvalue weighted by Gasteiger charge is -2.12. The highest BCUT2D eigenvalue weighted by molar-refractivity contribution is 5.79. The van der Waals surface area contributed by atoms with Crippen molar-refractivity contribution in [1.29, 1.82) is 0 Å². The summed E-state index contributed by atoms with van der Waals surface area (Å²) < 4.78 is 7.49. The third-order valence-corrected chi connectivity index (χ3v) is 4.76. The summed E-state index contributed by atoms with van der Waals surface area (Å²) in [5, 5.41) is 6.76. The molecule has 0 radical (unpaired) electrons. The number of aliphatic imine (C=N–C) groups is 1. The molecule has 1 heterocycles. The molecule has 6 heteroatoms. The number of nitrogens with zero attached hydrogens (tertiary/aromatic N) is 3. The summed E-state index contributed by atoms with van der Waals surface area (Å²) in [5.74, 6) is 1.90. The first kappa shape index (κ1) is 20.9. The van der Waals surface area contributed by atoms with E-state index in [1.54, 1.807) is 7.11 Å². The first-order chi connectivity index (χ1) is 14.2. The van der Waals surface area contributed by atoms with E-state index in [4.69, 9.17) is 9.73 Å². The highest BCUT2D eigenvalue weighted by Crippen LogP contribution is 2.15. The van der Waals surface area contributed by atoms with E-state index < -0.39 is 0 Å². The van der Waals surface area contributed by atoms with Crippen LogP contribution in [0.15, 0.2) is 53.5 Å². The maximum Gasteiger partial charge on any atom is 0.191 e. The molecule has 2 N–H and O–H groups in total. The number of para-hydroxylation sites is 2. The molecule has 0 spiro atoms. The van der Waals surface area contributed by atoms with Crippen molar-refractivity contribution < 1.29 is 4.74 Å². The Morgan fingerprint density at radius 2 is 1.93 bits per heavy atom. The maximum atomic E-state index is 5.21. The topological polar surface area (TPSA) is 63.5 Å². The van der Waals surface area contributed by atoms with Gasteiger partial charge < -0.3 is 19.9 Å². The van der Waals surface area contributed by atoms with E-state index in [9.17, 15) is 0 Å². The molecule has 2 aromatic carbocycles. The van der Waals surface area contributed by atoms with Crippen molar-refractivity contribution in [3.05, 3.63) is 65.5 Å². The molecule has 154 valence electrons. The van der Waals surface area contributed by atoms with Crippen molar-refractivity contribution >= 4 is 17.0 Å². The van der Waals surface area contributed by atoms with Crippen molar-refractivity contribution in [1.82, 2.24) is 20.2 Å². The summed E-state index contributed by atoms with van der Waals surface area (Å²) in [6.07, 6.45) is 0.995. The van der Waals surface area contributed by atoms with Crippen LogP contribution in [0.4, 0.5) is 0 Å². The van der Waals surface area contributed by atoms with Crippen LogP contribution in [0, 0.1) is 6.92 Å². The van der Waals surface area contributed by atoms with Crippen LogP contribution in [0.5, 0.6) is 0 Å². The zero-order valence-corrected chi connectivity index (χ0v) is 17.6. The third-order valence-electron chi connectivity index (χ3n) is 4.76. The molecule has 0 bridgehead atoms. The normalized spacial score (nSPS) is 11.8. The van der Waals surface area contributed by atoms with Crippen LogP contribution >= 0.6 is 0 Å². The van der Waals surface area contributed by atoms with Crippen LogP contribution in [-0.4, -0.2) is 35.7 Å². The molecule has 0 aliphatic rings. The summed E-state index contributed by atoms with van der Waals surface area (Å²) in [6.45, 7) is 8.02. The Morgan fingerprint density at radius 1 is 1.10 bits per heavy atom. The molecule has 0 fully saturated rings. The van der Waals surface area contributed by atoms with Gasteiger partial charge in [-0.15, -0.1) is 0 Å². The summed E-state index contributed by atoms with van der Waals surface area (Å²) >= 11 is 0. The Morgan fingerprint density at radius 3 is 2.76 bits per heavy atom. The van der Waals surface area contributed by atoms with Gasteiger partial charge in [0, 0.05) is 26.7 Å². The van der Waals surface area contributed by atoms with Gasteiger partial charge in [0.15, 0.2) is 5.96 Å². The third kappa shape index (κ3) is 5.81. The molecule has 0 saturated heterocycles. The van der Waals surface area contributed by atoms with Crippen LogP contribution in [0.25, 0.3) is 11.0 Å². The smallest absolute Gasteiger partial charge is 0.191 e. The van der Waals surface area contributed by atoms with Gasteiger partial charge in [0.1, 0.15) is 5.82 Å². The standard InChI is InChI=1S/C23H31N5O/c1-4-24-23(26-16-19-9-7-10-20(15-19)17-29-3)25-13-8-14-28-18(2)27-21-11-5-6-12-22(21)28/h5-7,9-12,15H,4,8,13-14,16-17H2,1-3H3,(H2,24,25,26). The Kier molecular flexibility index (Phi) is 7.64. The summed E-state index contributed by atoms with van der Waals surface area (Å²) in [4.78, 5) is 9.36. The van der Waals surface area contributed by atoms with Gasteiger partial charge in [0.25, 0.3) is 0 Å². The fourth-order valence-corrected chi connectivity index (χ4v) is 3.42. The zero-order chi connectivity index (χ0) is 20.5. The van der Waals surface area contributed by atoms with E-state index in [1.165, 1.54) is 16.6 Å². The van der Waals surface area contributed by atoms with Crippen LogP contribution < -0.4 is 10.6 Å². The minimum Gasteiger partial charge on any atom is -0.380 e. The zero-order valence-electron chi connectivity index (χ0n) is 17.6. The average molecular weight is 394 g/mol. The minimum absolute atomic E-state index is 0.623. The lowest BCUT2D eigenvalue weighted by Crippen LogP contribution is -2.38. The molecule has 0 aliphatic carbocycles. The number of nitrogens with one attached hydrogen (secondary N) is 2. The highest BCUT2D eigenvalue weighted by Gasteiger charge is 2.06. The van der Waals surface area contributed by atoms with E-state index in [-0.39, 0.29) is 0 Å². The van der Waals surface area contributed by atoms with Gasteiger partial charge in [-0.25, -0.2) is 9.98 Å². The molecule has 29 heavy (non-hydrogen) atoms. The SMILES string of the molecule is CCNC(=NCc1cccc(COC)c1)NCCCn1c(C)nc2ccccc21. The number of rotatable bonds is 9. The number of benzene rings is 2. The molecule has 0 amide bonds. The number of aryl methyl sites for hydroxylation is 2. The largest absolute Gasteiger partial charge is 0.380 e. The number of imidazole rings is 1. The van der Waals surface area contributed by atoms with Gasteiger partial charge in [0.2, 0.25) is 0 Å². The van der Waals surface area contributed by atoms with Gasteiger partial charge in [-0.05, 0) is 43.5 Å². The number of methoxy groups -OCH3 is 1. The van der Waals surface area contributed by atoms with Crippen molar-refractivity contribution in [3.8, 4) is 0 Å². The number of fused-ring (bicyclic) bond motifs is 1. The van der Waals surface area contributed by atoms with E-state index in [0.29, 0.717) is 13.2 Å². The van der Waals surface area contributed by atoms with E-state index in [1.807, 2.05) is 6.07 Å². The lowest BCUT2D eigenvalue weighted by atomic mass is 10.1. The van der Waals surface area contributed by atoms with Crippen molar-refractivity contribution in [2.75, 3.05) is 20.2 Å². The molecular weight excluding hydrogens is 362 g/mol. The van der Waals surface area contributed by atoms with Crippen molar-refractivity contribution in [2.45, 2.75) is 40.0 Å². The molecule has 0 unspecified atom stereocenters. The highest BCUT2D eigenvalue weighted by atomic mass is 16.5. The van der Waals surface area contributed by atoms with Gasteiger partial charge in [-0.3, -0.25) is 0 Å². The minimum atomic E-state index is 0.623. The Hall–Kier alpha value is -2.86. The fourth-order valence-electron chi connectivity index (χ4n) is 3.42. The summed E-state index contributed by atoms with van der Waals surface area (Å²) in [7, 11) is 1.71. The monoisotopic (exact) mass is 393 g/mol. The maximum absolute atomic E-state index is 5.21. The Bertz CT molecular complexity index is 947. The Balaban J connectivity index is 1.54. The van der Waals surface area contributed by atoms with E-state index in [2.05, 4.69) is 76.5 Å². The number of ether oxygens (including phenoxy) is 1. The first-order valence-electron chi connectivity index (χ1n) is 10.2. The second kappa shape index (κ2) is 10.6. The molecule has 3 aromatic rings. The van der Waals surface area contributed by atoms with Crippen molar-refractivity contribution in [2.24, 2.45) is 4.99 Å². The van der Waals surface area contributed by atoms with Gasteiger partial charge >= 0.3 is 0 Å². The lowest BCUT2D eigenvalue weighted by molar-refractivity contribution is 0.185. The number of hydrogen-bond acceptors (Lipinski definition) is 3. The molecule has 6 nitrogen and oxygen atoms in total. The Labute approximate surface area is 173 Å². The van der Waals surface area contributed by atoms with E-state index >= 15 is 0 Å². The second-order valence-electron chi connectivity index (χ2n) is 7.03. The summed E-state index contributed by atoms with van der Waals surface area (Å²) in [6, 6.07) is 16.7. The predicted octanol–water partition coefficient (Wildman–Crippen LogP) is 3.64. The molecule has 1 aromatic heterocycles. The average Bonchev–Trinajstić information content (AvgIpc) is 3.05. The van der Waals surface area contributed by atoms with Crippen LogP contribution in [0.2, 0.25) is 0 Å². The van der Waals surface area contributed by atoms with Crippen LogP contribution in [0.3, 0.4) is 0 Å². The van der Waals surface area contributed by atoms with Crippen molar-refractivity contribution in [3.63, 3.8) is 0 Å². The molecular formula is C23H31N5O. The molecule has 0 atom stereocenters. The molecule has 3 rings (SSSR count). The van der Waals surface area contributed by atoms with Crippen LogP contribution in [-0.2, 0) is 24.4 Å². The van der Waals surface area contributed by atoms with Gasteiger partial charge in [-0.1, -0.05) is 36.4 Å². The predicted molar refractivity (Wildman–Crippen MR) is 119 cm³/mol. The quantitative estimate of drug-likeness (QED) is 0.331. The number of hydrogen-bond donors (Lipinski definition) is 2. The van der Waals surface area contributed by atoms with Gasteiger partial charge in [-0.2, -0.15) is 0 Å². The first-order valence-corrected chi connectivity index (χ1v) is 10.2.